The zero-order valence-electron chi connectivity index (χ0n) is 18.8. The maximum absolute atomic E-state index is 13.5. The lowest BCUT2D eigenvalue weighted by Gasteiger charge is -2.32. The van der Waals surface area contributed by atoms with Crippen LogP contribution in [0.4, 0.5) is 29.1 Å². The molecule has 2 aromatic heterocycles. The van der Waals surface area contributed by atoms with E-state index in [4.69, 9.17) is 11.6 Å². The standard InChI is InChI=1S/C25H20ClF4N5O/c26-20-6-3-17(25(28,29)30)13-21(20)33-23-19(14-31-22-7-10-32-35(22)23)24(36)34-11-8-16(9-12-34)15-1-4-18(27)5-2-15/h1-7,10,13-14,16,33H,8-9,11-12H2. The Balaban J connectivity index is 1.43. The van der Waals surface area contributed by atoms with E-state index in [2.05, 4.69) is 15.4 Å². The van der Waals surface area contributed by atoms with Gasteiger partial charge in [0.1, 0.15) is 17.2 Å². The minimum Gasteiger partial charge on any atom is -0.338 e. The molecule has 1 N–H and O–H groups in total. The Morgan fingerprint density at radius 2 is 1.78 bits per heavy atom. The smallest absolute Gasteiger partial charge is 0.338 e. The molecular formula is C25H20ClF4N5O. The van der Waals surface area contributed by atoms with E-state index in [1.165, 1.54) is 29.0 Å². The number of hydrogen-bond donors (Lipinski definition) is 1. The first kappa shape index (κ1) is 24.1. The third kappa shape index (κ3) is 4.73. The second kappa shape index (κ2) is 9.42. The highest BCUT2D eigenvalue weighted by atomic mass is 35.5. The third-order valence-electron chi connectivity index (χ3n) is 6.32. The van der Waals surface area contributed by atoms with E-state index in [1.54, 1.807) is 23.1 Å². The Hall–Kier alpha value is -3.66. The normalized spacial score (nSPS) is 14.9. The topological polar surface area (TPSA) is 62.5 Å². The Morgan fingerprint density at radius 1 is 1.06 bits per heavy atom. The van der Waals surface area contributed by atoms with Gasteiger partial charge in [0.25, 0.3) is 5.91 Å². The van der Waals surface area contributed by atoms with Crippen LogP contribution in [0.25, 0.3) is 5.65 Å². The number of amides is 1. The molecule has 1 saturated heterocycles. The lowest BCUT2D eigenvalue weighted by Crippen LogP contribution is -2.38. The zero-order valence-corrected chi connectivity index (χ0v) is 19.5. The predicted molar refractivity (Wildman–Crippen MR) is 127 cm³/mol. The van der Waals surface area contributed by atoms with Crippen molar-refractivity contribution in [3.63, 3.8) is 0 Å². The van der Waals surface area contributed by atoms with Crippen LogP contribution in [0.3, 0.4) is 0 Å². The van der Waals surface area contributed by atoms with Gasteiger partial charge >= 0.3 is 6.18 Å². The van der Waals surface area contributed by atoms with Crippen molar-refractivity contribution in [3.05, 3.63) is 88.5 Å². The molecule has 11 heteroatoms. The molecule has 0 spiro atoms. The van der Waals surface area contributed by atoms with Crippen LogP contribution in [0.1, 0.15) is 40.2 Å². The molecule has 186 valence electrons. The summed E-state index contributed by atoms with van der Waals surface area (Å²) in [5.41, 5.74) is 0.686. The summed E-state index contributed by atoms with van der Waals surface area (Å²) in [6, 6.07) is 10.9. The number of piperidine rings is 1. The lowest BCUT2D eigenvalue weighted by atomic mass is 9.89. The van der Waals surface area contributed by atoms with Gasteiger partial charge in [-0.05, 0) is 54.7 Å². The first-order valence-electron chi connectivity index (χ1n) is 11.2. The van der Waals surface area contributed by atoms with E-state index >= 15 is 0 Å². The Labute approximate surface area is 208 Å². The third-order valence-corrected chi connectivity index (χ3v) is 6.65. The molecule has 1 aliphatic heterocycles. The van der Waals surface area contributed by atoms with E-state index in [9.17, 15) is 22.4 Å². The second-order valence-electron chi connectivity index (χ2n) is 8.56. The molecule has 1 amide bonds. The van der Waals surface area contributed by atoms with Crippen LogP contribution in [0.5, 0.6) is 0 Å². The highest BCUT2D eigenvalue weighted by Crippen LogP contribution is 2.36. The van der Waals surface area contributed by atoms with Gasteiger partial charge in [-0.1, -0.05) is 23.7 Å². The van der Waals surface area contributed by atoms with Gasteiger partial charge < -0.3 is 10.2 Å². The molecule has 0 bridgehead atoms. The highest BCUT2D eigenvalue weighted by molar-refractivity contribution is 6.33. The maximum atomic E-state index is 13.5. The van der Waals surface area contributed by atoms with Gasteiger partial charge in [-0.3, -0.25) is 4.79 Å². The molecule has 0 atom stereocenters. The number of carbonyl (C=O) groups is 1. The van der Waals surface area contributed by atoms with Gasteiger partial charge in [0.05, 0.1) is 22.5 Å². The Bertz CT molecular complexity index is 1410. The van der Waals surface area contributed by atoms with Crippen LogP contribution in [0.15, 0.2) is 60.9 Å². The summed E-state index contributed by atoms with van der Waals surface area (Å²) in [4.78, 5) is 19.5. The number of fused-ring (bicyclic) bond motifs is 1. The van der Waals surface area contributed by atoms with Crippen molar-refractivity contribution in [1.82, 2.24) is 19.5 Å². The van der Waals surface area contributed by atoms with Crippen molar-refractivity contribution in [2.45, 2.75) is 24.9 Å². The van der Waals surface area contributed by atoms with Gasteiger partial charge in [0.15, 0.2) is 5.65 Å². The number of benzene rings is 2. The quantitative estimate of drug-likeness (QED) is 0.322. The summed E-state index contributed by atoms with van der Waals surface area (Å²) in [5, 5.41) is 7.13. The molecule has 0 unspecified atom stereocenters. The van der Waals surface area contributed by atoms with Crippen molar-refractivity contribution in [3.8, 4) is 0 Å². The average molecular weight is 518 g/mol. The molecular weight excluding hydrogens is 498 g/mol. The largest absolute Gasteiger partial charge is 0.416 e. The summed E-state index contributed by atoms with van der Waals surface area (Å²) >= 11 is 6.19. The van der Waals surface area contributed by atoms with Crippen molar-refractivity contribution in [1.29, 1.82) is 0 Å². The van der Waals surface area contributed by atoms with Crippen molar-refractivity contribution < 1.29 is 22.4 Å². The molecule has 1 fully saturated rings. The van der Waals surface area contributed by atoms with E-state index in [0.29, 0.717) is 31.6 Å². The molecule has 0 saturated carbocycles. The van der Waals surface area contributed by atoms with Crippen molar-refractivity contribution in [2.24, 2.45) is 0 Å². The zero-order chi connectivity index (χ0) is 25.4. The minimum absolute atomic E-state index is 0.0152. The molecule has 5 rings (SSSR count). The number of rotatable bonds is 4. The molecule has 36 heavy (non-hydrogen) atoms. The fraction of sp³-hybridized carbons (Fsp3) is 0.240. The van der Waals surface area contributed by atoms with Crippen LogP contribution in [0, 0.1) is 5.82 Å². The number of hydrogen-bond acceptors (Lipinski definition) is 4. The summed E-state index contributed by atoms with van der Waals surface area (Å²) in [6.45, 7) is 0.920. The molecule has 1 aliphatic rings. The van der Waals surface area contributed by atoms with E-state index < -0.39 is 11.7 Å². The monoisotopic (exact) mass is 517 g/mol. The first-order chi connectivity index (χ1) is 17.2. The van der Waals surface area contributed by atoms with Crippen LogP contribution in [0.2, 0.25) is 5.02 Å². The van der Waals surface area contributed by atoms with Crippen LogP contribution >= 0.6 is 11.6 Å². The number of alkyl halides is 3. The van der Waals surface area contributed by atoms with Gasteiger partial charge in [-0.2, -0.15) is 22.8 Å². The Morgan fingerprint density at radius 3 is 2.47 bits per heavy atom. The number of aromatic nitrogens is 3. The maximum Gasteiger partial charge on any atom is 0.416 e. The number of anilines is 2. The number of nitrogens with one attached hydrogen (secondary N) is 1. The second-order valence-corrected chi connectivity index (χ2v) is 8.96. The molecule has 0 radical (unpaired) electrons. The fourth-order valence-electron chi connectivity index (χ4n) is 4.40. The summed E-state index contributed by atoms with van der Waals surface area (Å²) < 4.78 is 54.5. The first-order valence-corrected chi connectivity index (χ1v) is 11.6. The number of carbonyl (C=O) groups excluding carboxylic acids is 1. The van der Waals surface area contributed by atoms with Crippen molar-refractivity contribution >= 4 is 34.7 Å². The number of halogens is 5. The molecule has 0 aliphatic carbocycles. The minimum atomic E-state index is -4.56. The molecule has 4 aromatic rings. The fourth-order valence-corrected chi connectivity index (χ4v) is 4.56. The highest BCUT2D eigenvalue weighted by Gasteiger charge is 2.32. The van der Waals surface area contributed by atoms with Gasteiger partial charge in [0, 0.05) is 25.4 Å². The van der Waals surface area contributed by atoms with Gasteiger partial charge in [-0.15, -0.1) is 0 Å². The molecule has 6 nitrogen and oxygen atoms in total. The number of nitrogens with zero attached hydrogens (tertiary/aromatic N) is 4. The molecule has 3 heterocycles. The molecule has 2 aromatic carbocycles. The average Bonchev–Trinajstić information content (AvgIpc) is 3.34. The SMILES string of the molecule is O=C(c1cnc2ccnn2c1Nc1cc(C(F)(F)F)ccc1Cl)N1CCC(c2ccc(F)cc2)CC1. The van der Waals surface area contributed by atoms with E-state index in [-0.39, 0.29) is 39.7 Å². The number of likely N-dealkylation sites (tertiary alicyclic amines) is 1. The van der Waals surface area contributed by atoms with E-state index in [1.807, 2.05) is 0 Å². The van der Waals surface area contributed by atoms with Crippen LogP contribution in [-0.4, -0.2) is 38.5 Å². The Kier molecular flexibility index (Phi) is 6.29. The van der Waals surface area contributed by atoms with Crippen molar-refractivity contribution in [2.75, 3.05) is 18.4 Å². The van der Waals surface area contributed by atoms with Crippen LogP contribution < -0.4 is 5.32 Å². The lowest BCUT2D eigenvalue weighted by molar-refractivity contribution is -0.137. The summed E-state index contributed by atoms with van der Waals surface area (Å²) in [6.07, 6.45) is -0.319. The van der Waals surface area contributed by atoms with Crippen LogP contribution in [-0.2, 0) is 6.18 Å². The predicted octanol–water partition coefficient (Wildman–Crippen LogP) is 6.30. The van der Waals surface area contributed by atoms with Gasteiger partial charge in [0.2, 0.25) is 0 Å². The summed E-state index contributed by atoms with van der Waals surface area (Å²) in [5.74, 6) is -0.267. The van der Waals surface area contributed by atoms with Gasteiger partial charge in [-0.25, -0.2) is 9.37 Å². The van der Waals surface area contributed by atoms with E-state index in [0.717, 1.165) is 23.8 Å². The summed E-state index contributed by atoms with van der Waals surface area (Å²) in [7, 11) is 0.